The molecule has 4 unspecified atom stereocenters. The summed E-state index contributed by atoms with van der Waals surface area (Å²) < 4.78 is 60.1. The van der Waals surface area contributed by atoms with Crippen LogP contribution in [0.4, 0.5) is 0 Å². The summed E-state index contributed by atoms with van der Waals surface area (Å²) in [7, 11) is 0.992. The van der Waals surface area contributed by atoms with E-state index in [2.05, 4.69) is 4.98 Å². The number of aromatic nitrogens is 1. The number of methoxy groups -OCH3 is 1. The minimum atomic E-state index is -3.10. The summed E-state index contributed by atoms with van der Waals surface area (Å²) in [6, 6.07) is 1.32. The first-order valence-electron chi connectivity index (χ1n) is 21.7. The largest absolute Gasteiger partial charge is 0.469 e. The van der Waals surface area contributed by atoms with Gasteiger partial charge in [0, 0.05) is 52.4 Å². The Labute approximate surface area is 389 Å². The zero-order chi connectivity index (χ0) is 50.6. The molecule has 6 rings (SSSR count). The van der Waals surface area contributed by atoms with Gasteiger partial charge in [0.05, 0.1) is 30.9 Å². The molecule has 4 heterocycles. The van der Waals surface area contributed by atoms with Crippen LogP contribution in [-0.2, 0) is 90.5 Å². The Morgan fingerprint density at radius 3 is 2.00 bits per heavy atom. The van der Waals surface area contributed by atoms with Crippen LogP contribution in [0.25, 0.3) is 0 Å². The van der Waals surface area contributed by atoms with Crippen LogP contribution in [0.5, 0.6) is 0 Å². The summed E-state index contributed by atoms with van der Waals surface area (Å²) in [5, 5.41) is 25.8. The van der Waals surface area contributed by atoms with Gasteiger partial charge in [0.15, 0.2) is 35.6 Å². The van der Waals surface area contributed by atoms with E-state index in [0.717, 1.165) is 54.8 Å². The molecule has 2 spiro atoms. The zero-order valence-electron chi connectivity index (χ0n) is 39.0. The fourth-order valence-corrected chi connectivity index (χ4v) is 10.6. The van der Waals surface area contributed by atoms with Gasteiger partial charge in [-0.05, 0) is 38.8 Å². The van der Waals surface area contributed by atoms with Gasteiger partial charge in [-0.3, -0.25) is 43.3 Å². The first-order valence-corrected chi connectivity index (χ1v) is 21.7. The van der Waals surface area contributed by atoms with Gasteiger partial charge in [0.25, 0.3) is 0 Å². The van der Waals surface area contributed by atoms with Crippen molar-refractivity contribution in [3.8, 4) is 0 Å². The summed E-state index contributed by atoms with van der Waals surface area (Å²) in [6.45, 7) is 7.30. The molecule has 0 radical (unpaired) electrons. The van der Waals surface area contributed by atoms with Crippen LogP contribution in [-0.4, -0.2) is 154 Å². The molecule has 372 valence electrons. The van der Waals surface area contributed by atoms with E-state index in [9.17, 15) is 58.2 Å². The van der Waals surface area contributed by atoms with Gasteiger partial charge >= 0.3 is 53.7 Å². The molecular weight excluding hydrogens is 906 g/mol. The number of carbonyl (C=O) groups excluding carboxylic acids is 10. The SMILES string of the molecule is COC(=O)CC1C(=O)CCC(C)C(=O)O[C@@H]2[C@@H]3[C@@H](OC(C)=O)[C@@]45O[C@@]3(C)COC(=O)c3cnccc3C(C)C(C)(O)C(=O)O[C@@H]([C@H](OC(C)=O)[C@H](OC(C)=O)[C@@]4(COC1=O)[C@@H]2OC(C)=O)[C@]5(C)O. The molecule has 3 aliphatic heterocycles. The summed E-state index contributed by atoms with van der Waals surface area (Å²) in [5.41, 5.74) is -14.2. The number of fused-ring (bicyclic) bond motifs is 7. The highest BCUT2D eigenvalue weighted by Gasteiger charge is 2.92. The summed E-state index contributed by atoms with van der Waals surface area (Å²) in [4.78, 5) is 143. The van der Waals surface area contributed by atoms with Crippen LogP contribution >= 0.6 is 0 Å². The van der Waals surface area contributed by atoms with Gasteiger partial charge in [-0.15, -0.1) is 0 Å². The molecule has 2 aliphatic carbocycles. The van der Waals surface area contributed by atoms with Crippen molar-refractivity contribution in [2.45, 2.75) is 147 Å². The highest BCUT2D eigenvalue weighted by Crippen LogP contribution is 2.70. The molecule has 0 aromatic carbocycles. The first kappa shape index (κ1) is 51.3. The molecule has 2 saturated carbocycles. The third kappa shape index (κ3) is 8.34. The molecule has 68 heavy (non-hydrogen) atoms. The second kappa shape index (κ2) is 18.4. The topological polar surface area (TPSA) is 316 Å². The predicted molar refractivity (Wildman–Crippen MR) is 219 cm³/mol. The van der Waals surface area contributed by atoms with E-state index >= 15 is 0 Å². The van der Waals surface area contributed by atoms with E-state index < -0.39 is 174 Å². The number of esters is 9. The van der Waals surface area contributed by atoms with Crippen LogP contribution in [0.2, 0.25) is 0 Å². The normalized spacial score (nSPS) is 39.3. The number of ether oxygens (including phenoxy) is 10. The fraction of sp³-hybridized carbons (Fsp3) is 0.667. The average Bonchev–Trinajstić information content (AvgIpc) is 3.48. The van der Waals surface area contributed by atoms with Crippen molar-refractivity contribution in [2.75, 3.05) is 20.3 Å². The lowest BCUT2D eigenvalue weighted by atomic mass is 9.45. The Kier molecular flexibility index (Phi) is 13.9. The van der Waals surface area contributed by atoms with E-state index in [0.29, 0.717) is 0 Å². The van der Waals surface area contributed by atoms with Gasteiger partial charge in [-0.2, -0.15) is 0 Å². The maximum absolute atomic E-state index is 14.7. The molecular formula is C45H55NO22. The van der Waals surface area contributed by atoms with Crippen LogP contribution in [0, 0.1) is 23.2 Å². The third-order valence-corrected chi connectivity index (χ3v) is 14.0. The molecule has 1 aromatic rings. The Morgan fingerprint density at radius 1 is 0.794 bits per heavy atom. The number of pyridine rings is 1. The molecule has 2 N–H and O–H groups in total. The maximum Gasteiger partial charge on any atom is 0.340 e. The number of hydrogen-bond acceptors (Lipinski definition) is 23. The second-order valence-corrected chi connectivity index (χ2v) is 18.5. The number of Topliss-reactive ketones (excluding diaryl/α,β-unsaturated/α-hetero) is 1. The Hall–Kier alpha value is -6.07. The number of rotatable bonds is 6. The summed E-state index contributed by atoms with van der Waals surface area (Å²) in [6.07, 6.45) is -12.8. The number of nitrogens with zero attached hydrogens (tertiary/aromatic N) is 1. The van der Waals surface area contributed by atoms with Gasteiger partial charge in [0.2, 0.25) is 0 Å². The number of cyclic esters (lactones) is 2. The lowest BCUT2D eigenvalue weighted by Crippen LogP contribution is -2.89. The molecule has 15 atom stereocenters. The molecule has 4 fully saturated rings. The number of aliphatic hydroxyl groups is 2. The molecule has 23 nitrogen and oxygen atoms in total. The van der Waals surface area contributed by atoms with Crippen LogP contribution in [0.15, 0.2) is 18.5 Å². The predicted octanol–water partition coefficient (Wildman–Crippen LogP) is 0.287. The summed E-state index contributed by atoms with van der Waals surface area (Å²) in [5.74, 6) is -18.1. The fourth-order valence-electron chi connectivity index (χ4n) is 10.6. The van der Waals surface area contributed by atoms with Crippen molar-refractivity contribution in [1.29, 1.82) is 0 Å². The van der Waals surface area contributed by atoms with Crippen molar-refractivity contribution in [3.63, 3.8) is 0 Å². The van der Waals surface area contributed by atoms with E-state index in [4.69, 9.17) is 47.4 Å². The van der Waals surface area contributed by atoms with Gasteiger partial charge in [-0.25, -0.2) is 9.59 Å². The highest BCUT2D eigenvalue weighted by atomic mass is 16.7. The van der Waals surface area contributed by atoms with E-state index in [1.165, 1.54) is 33.0 Å². The van der Waals surface area contributed by atoms with E-state index in [1.807, 2.05) is 0 Å². The Bertz CT molecular complexity index is 2290. The molecule has 0 amide bonds. The number of carbonyl (C=O) groups is 10. The van der Waals surface area contributed by atoms with Crippen molar-refractivity contribution in [1.82, 2.24) is 4.98 Å². The molecule has 2 saturated heterocycles. The van der Waals surface area contributed by atoms with Gasteiger partial charge < -0.3 is 57.6 Å². The summed E-state index contributed by atoms with van der Waals surface area (Å²) >= 11 is 0. The van der Waals surface area contributed by atoms with E-state index in [1.54, 1.807) is 0 Å². The number of hydrogen-bond donors (Lipinski definition) is 2. The zero-order valence-corrected chi connectivity index (χ0v) is 39.0. The monoisotopic (exact) mass is 961 g/mol. The quantitative estimate of drug-likeness (QED) is 0.220. The smallest absolute Gasteiger partial charge is 0.340 e. The van der Waals surface area contributed by atoms with Crippen LogP contribution in [0.1, 0.15) is 103 Å². The number of ketones is 1. The molecule has 5 aliphatic rings. The van der Waals surface area contributed by atoms with Crippen molar-refractivity contribution in [3.05, 3.63) is 29.6 Å². The van der Waals surface area contributed by atoms with Crippen molar-refractivity contribution < 1.29 is 106 Å². The Morgan fingerprint density at radius 2 is 1.40 bits per heavy atom. The van der Waals surface area contributed by atoms with Gasteiger partial charge in [-0.1, -0.05) is 13.8 Å². The minimum absolute atomic E-state index is 0.0150. The lowest BCUT2D eigenvalue weighted by molar-refractivity contribution is -0.387. The first-order chi connectivity index (χ1) is 31.6. The Balaban J connectivity index is 1.82. The van der Waals surface area contributed by atoms with Gasteiger partial charge in [0.1, 0.15) is 53.7 Å². The molecule has 6 bridgehead atoms. The minimum Gasteiger partial charge on any atom is -0.469 e. The van der Waals surface area contributed by atoms with Crippen LogP contribution in [0.3, 0.4) is 0 Å². The van der Waals surface area contributed by atoms with Crippen LogP contribution < -0.4 is 0 Å². The van der Waals surface area contributed by atoms with E-state index in [-0.39, 0.29) is 17.5 Å². The average molecular weight is 962 g/mol. The third-order valence-electron chi connectivity index (χ3n) is 14.0. The standard InChI is InChI=1S/C45H55NO22/c1-19-11-12-28(51)26(15-29(52)59-10)38(54)61-18-44-35(64-23(5)49)31(66-37(19)53)30-33(63-22(4)48)45(44)43(9,58)34(32(62-21(3)47)36(44)65-24(6)50)67-40(56)42(8,57)20(2)25-13-14-46-16-27(25)39(55)60-17-41(30,7)68-45/h13-14,16,19-20,26,30-36,57-58H,11-12,15,17-18H2,1-10H3/t19?,20?,26?,30-,31-,32+,33-,34+,35-,36+,41+,42?,43+,44-,45+/m1/s1. The maximum atomic E-state index is 14.7. The van der Waals surface area contributed by atoms with Crippen molar-refractivity contribution in [2.24, 2.45) is 23.2 Å². The second-order valence-electron chi connectivity index (χ2n) is 18.5. The molecule has 23 heteroatoms. The lowest BCUT2D eigenvalue weighted by Gasteiger charge is -2.67. The molecule has 1 aromatic heterocycles. The highest BCUT2D eigenvalue weighted by molar-refractivity contribution is 6.01. The van der Waals surface area contributed by atoms with Crippen molar-refractivity contribution >= 4 is 59.5 Å².